The van der Waals surface area contributed by atoms with E-state index in [-0.39, 0.29) is 27.5 Å². The number of nitro benzene ring substituents is 1. The highest BCUT2D eigenvalue weighted by Gasteiger charge is 2.26. The molecule has 0 fully saturated rings. The Balaban J connectivity index is 2.54. The van der Waals surface area contributed by atoms with Crippen molar-refractivity contribution < 1.29 is 37.1 Å². The summed E-state index contributed by atoms with van der Waals surface area (Å²) >= 11 is 0. The van der Waals surface area contributed by atoms with E-state index in [1.165, 1.54) is 18.2 Å². The maximum absolute atomic E-state index is 12.5. The van der Waals surface area contributed by atoms with Crippen molar-refractivity contribution in [2.45, 2.75) is 31.2 Å². The zero-order valence-electron chi connectivity index (χ0n) is 18.0. The van der Waals surface area contributed by atoms with Crippen LogP contribution >= 0.6 is 0 Å². The van der Waals surface area contributed by atoms with Gasteiger partial charge in [-0.05, 0) is 51.1 Å². The molecule has 0 saturated heterocycles. The first kappa shape index (κ1) is 24.8. The van der Waals surface area contributed by atoms with Crippen molar-refractivity contribution in [3.05, 3.63) is 57.6 Å². The number of carbonyl (C=O) groups is 2. The first-order chi connectivity index (χ1) is 14.8. The molecule has 172 valence electrons. The fraction of sp³-hybridized carbons (Fsp3) is 0.300. The van der Waals surface area contributed by atoms with Gasteiger partial charge < -0.3 is 14.2 Å². The molecule has 0 aliphatic carbocycles. The van der Waals surface area contributed by atoms with Gasteiger partial charge in [0.15, 0.2) is 0 Å². The van der Waals surface area contributed by atoms with Crippen LogP contribution in [0.4, 0.5) is 5.69 Å². The van der Waals surface area contributed by atoms with E-state index >= 15 is 0 Å². The first-order valence-electron chi connectivity index (χ1n) is 9.09. The zero-order valence-corrected chi connectivity index (χ0v) is 18.8. The van der Waals surface area contributed by atoms with Crippen LogP contribution in [0.1, 0.15) is 41.5 Å². The summed E-state index contributed by atoms with van der Waals surface area (Å²) in [5.74, 6) is -1.95. The second-order valence-electron chi connectivity index (χ2n) is 7.57. The normalized spacial score (nSPS) is 11.5. The summed E-state index contributed by atoms with van der Waals surface area (Å²) in [6, 6.07) is 6.75. The Morgan fingerprint density at radius 1 is 0.969 bits per heavy atom. The van der Waals surface area contributed by atoms with Crippen molar-refractivity contribution in [2.24, 2.45) is 0 Å². The lowest BCUT2D eigenvalue weighted by Gasteiger charge is -2.20. The fourth-order valence-corrected chi connectivity index (χ4v) is 4.05. The largest absolute Gasteiger partial charge is 0.465 e. The second kappa shape index (κ2) is 9.32. The third-order valence-corrected chi connectivity index (χ3v) is 5.61. The number of hydrogen-bond acceptors (Lipinski definition) is 9. The van der Waals surface area contributed by atoms with Crippen LogP contribution < -0.4 is 9.46 Å². The maximum Gasteiger partial charge on any atom is 0.338 e. The molecule has 0 bridgehead atoms. The Labute approximate surface area is 184 Å². The molecule has 0 heterocycles. The number of benzene rings is 2. The van der Waals surface area contributed by atoms with Crippen LogP contribution in [-0.4, -0.2) is 45.0 Å². The molecule has 0 amide bonds. The van der Waals surface area contributed by atoms with Crippen LogP contribution in [0.25, 0.3) is 0 Å². The van der Waals surface area contributed by atoms with Gasteiger partial charge >= 0.3 is 17.6 Å². The monoisotopic (exact) mass is 466 g/mol. The molecule has 1 N–H and O–H groups in total. The van der Waals surface area contributed by atoms with Gasteiger partial charge in [0.05, 0.1) is 35.2 Å². The van der Waals surface area contributed by atoms with Crippen molar-refractivity contribution in [1.82, 2.24) is 4.72 Å². The standard InChI is InChI=1S/C20H22N2O9S/c1-20(2,3)21-32(27,28)15-6-7-17(16(11-15)22(25)26)31-14-9-12(18(23)29-4)8-13(10-14)19(24)30-5/h6-11,21H,1-5H3. The van der Waals surface area contributed by atoms with E-state index in [4.69, 9.17) is 4.74 Å². The summed E-state index contributed by atoms with van der Waals surface area (Å²) in [4.78, 5) is 34.3. The van der Waals surface area contributed by atoms with Crippen LogP contribution in [0.3, 0.4) is 0 Å². The summed E-state index contributed by atoms with van der Waals surface area (Å²) in [7, 11) is -1.75. The number of rotatable bonds is 7. The average molecular weight is 466 g/mol. The number of nitrogens with zero attached hydrogens (tertiary/aromatic N) is 1. The lowest BCUT2D eigenvalue weighted by molar-refractivity contribution is -0.385. The zero-order chi connectivity index (χ0) is 24.3. The van der Waals surface area contributed by atoms with E-state index in [0.717, 1.165) is 32.4 Å². The lowest BCUT2D eigenvalue weighted by atomic mass is 10.1. The molecule has 32 heavy (non-hydrogen) atoms. The molecule has 2 rings (SSSR count). The molecule has 0 unspecified atom stereocenters. The molecule has 0 atom stereocenters. The summed E-state index contributed by atoms with van der Waals surface area (Å²) in [6.07, 6.45) is 0. The third-order valence-electron chi connectivity index (χ3n) is 3.85. The summed E-state index contributed by atoms with van der Waals surface area (Å²) in [5, 5.41) is 11.6. The number of ether oxygens (including phenoxy) is 3. The Bertz CT molecular complexity index is 1130. The maximum atomic E-state index is 12.5. The number of sulfonamides is 1. The quantitative estimate of drug-likeness (QED) is 0.369. The minimum atomic E-state index is -4.04. The highest BCUT2D eigenvalue weighted by atomic mass is 32.2. The van der Waals surface area contributed by atoms with Crippen molar-refractivity contribution in [1.29, 1.82) is 0 Å². The van der Waals surface area contributed by atoms with Gasteiger partial charge in [0.1, 0.15) is 5.75 Å². The Morgan fingerprint density at radius 2 is 1.50 bits per heavy atom. The van der Waals surface area contributed by atoms with Gasteiger partial charge in [-0.1, -0.05) is 0 Å². The molecule has 0 spiro atoms. The molecule has 2 aromatic carbocycles. The molecule has 12 heteroatoms. The molecular weight excluding hydrogens is 444 g/mol. The van der Waals surface area contributed by atoms with Gasteiger partial charge in [-0.15, -0.1) is 0 Å². The van der Waals surface area contributed by atoms with Gasteiger partial charge in [-0.2, -0.15) is 0 Å². The molecule has 0 aliphatic rings. The van der Waals surface area contributed by atoms with Crippen molar-refractivity contribution in [3.63, 3.8) is 0 Å². The Morgan fingerprint density at radius 3 is 1.94 bits per heavy atom. The summed E-state index contributed by atoms with van der Waals surface area (Å²) < 4.78 is 42.3. The van der Waals surface area contributed by atoms with Crippen LogP contribution in [0, 0.1) is 10.1 Å². The van der Waals surface area contributed by atoms with Crippen molar-refractivity contribution in [2.75, 3.05) is 14.2 Å². The SMILES string of the molecule is COC(=O)c1cc(Oc2ccc(S(=O)(=O)NC(C)(C)C)cc2[N+](=O)[O-])cc(C(=O)OC)c1. The minimum Gasteiger partial charge on any atom is -0.465 e. The predicted octanol–water partition coefficient (Wildman–Crippen LogP) is 3.04. The lowest BCUT2D eigenvalue weighted by Crippen LogP contribution is -2.40. The Hall–Kier alpha value is -3.51. The molecule has 2 aromatic rings. The van der Waals surface area contributed by atoms with Gasteiger partial charge in [0.2, 0.25) is 15.8 Å². The minimum absolute atomic E-state index is 0.0540. The van der Waals surface area contributed by atoms with Crippen LogP contribution in [0.2, 0.25) is 0 Å². The molecule has 11 nitrogen and oxygen atoms in total. The van der Waals surface area contributed by atoms with Gasteiger partial charge in [-0.3, -0.25) is 10.1 Å². The first-order valence-corrected chi connectivity index (χ1v) is 10.6. The van der Waals surface area contributed by atoms with Gasteiger partial charge in [-0.25, -0.2) is 22.7 Å². The van der Waals surface area contributed by atoms with Gasteiger partial charge in [0, 0.05) is 11.6 Å². The summed E-state index contributed by atoms with van der Waals surface area (Å²) in [5.41, 5.74) is -1.55. The van der Waals surface area contributed by atoms with Crippen LogP contribution in [0.15, 0.2) is 41.3 Å². The third kappa shape index (κ3) is 6.02. The second-order valence-corrected chi connectivity index (χ2v) is 9.26. The highest BCUT2D eigenvalue weighted by Crippen LogP contribution is 2.34. The topological polar surface area (TPSA) is 151 Å². The molecule has 0 radical (unpaired) electrons. The average Bonchev–Trinajstić information content (AvgIpc) is 2.70. The van der Waals surface area contributed by atoms with Crippen LogP contribution in [-0.2, 0) is 19.5 Å². The van der Waals surface area contributed by atoms with Crippen molar-refractivity contribution >= 4 is 27.6 Å². The Kier molecular flexibility index (Phi) is 7.21. The molecular formula is C20H22N2O9S. The van der Waals surface area contributed by atoms with E-state index < -0.39 is 38.1 Å². The van der Waals surface area contributed by atoms with E-state index in [1.807, 2.05) is 0 Å². The van der Waals surface area contributed by atoms with Crippen LogP contribution in [0.5, 0.6) is 11.5 Å². The van der Waals surface area contributed by atoms with E-state index in [1.54, 1.807) is 20.8 Å². The van der Waals surface area contributed by atoms with E-state index in [2.05, 4.69) is 14.2 Å². The number of nitrogens with one attached hydrogen (secondary N) is 1. The van der Waals surface area contributed by atoms with Gasteiger partial charge in [0.25, 0.3) is 0 Å². The molecule has 0 saturated carbocycles. The smallest absolute Gasteiger partial charge is 0.338 e. The number of methoxy groups -OCH3 is 2. The number of esters is 2. The predicted molar refractivity (Wildman–Crippen MR) is 112 cm³/mol. The molecule has 0 aliphatic heterocycles. The van der Waals surface area contributed by atoms with Crippen molar-refractivity contribution in [3.8, 4) is 11.5 Å². The fourth-order valence-electron chi connectivity index (χ4n) is 2.61. The number of carbonyl (C=O) groups excluding carboxylic acids is 2. The number of nitro groups is 1. The highest BCUT2D eigenvalue weighted by molar-refractivity contribution is 7.89. The summed E-state index contributed by atoms with van der Waals surface area (Å²) in [6.45, 7) is 4.89. The number of hydrogen-bond donors (Lipinski definition) is 1. The van der Waals surface area contributed by atoms with E-state index in [9.17, 15) is 28.1 Å². The van der Waals surface area contributed by atoms with E-state index in [0.29, 0.717) is 0 Å². The molecule has 0 aromatic heterocycles.